The number of hydrogen-bond donors (Lipinski definition) is 2. The van der Waals surface area contributed by atoms with Crippen LogP contribution in [0.15, 0.2) is 59.3 Å². The van der Waals surface area contributed by atoms with Gasteiger partial charge in [-0.3, -0.25) is 9.78 Å². The molecule has 0 saturated heterocycles. The Morgan fingerprint density at radius 1 is 1.08 bits per heavy atom. The molecule has 0 spiro atoms. The zero-order chi connectivity index (χ0) is 16.9. The highest BCUT2D eigenvalue weighted by atomic mass is 79.9. The maximum Gasteiger partial charge on any atom is 0.258 e. The van der Waals surface area contributed by atoms with Gasteiger partial charge in [-0.15, -0.1) is 10.2 Å². The second-order valence-corrected chi connectivity index (χ2v) is 5.94. The number of nitrogens with one attached hydrogen (secondary N) is 2. The molecule has 1 aromatic carbocycles. The Morgan fingerprint density at radius 2 is 1.88 bits per heavy atom. The van der Waals surface area contributed by atoms with Gasteiger partial charge in [0.25, 0.3) is 5.91 Å². The first-order chi connectivity index (χ1) is 11.6. The molecule has 0 saturated carbocycles. The van der Waals surface area contributed by atoms with Crippen molar-refractivity contribution in [1.82, 2.24) is 15.2 Å². The van der Waals surface area contributed by atoms with Gasteiger partial charge < -0.3 is 10.6 Å². The molecule has 3 aromatic rings. The van der Waals surface area contributed by atoms with E-state index in [9.17, 15) is 4.79 Å². The maximum atomic E-state index is 12.0. The lowest BCUT2D eigenvalue weighted by atomic mass is 10.2. The number of aryl methyl sites for hydroxylation is 1. The van der Waals surface area contributed by atoms with Crippen LogP contribution in [0.2, 0.25) is 0 Å². The monoisotopic (exact) mass is 383 g/mol. The molecular weight excluding hydrogens is 370 g/mol. The summed E-state index contributed by atoms with van der Waals surface area (Å²) in [6, 6.07) is 12.7. The van der Waals surface area contributed by atoms with Crippen LogP contribution in [0.5, 0.6) is 0 Å². The van der Waals surface area contributed by atoms with Crippen LogP contribution < -0.4 is 10.6 Å². The summed E-state index contributed by atoms with van der Waals surface area (Å²) in [6.07, 6.45) is 3.11. The summed E-state index contributed by atoms with van der Waals surface area (Å²) >= 11 is 3.47. The first-order valence-electron chi connectivity index (χ1n) is 7.20. The summed E-state index contributed by atoms with van der Waals surface area (Å²) in [7, 11) is 0. The molecule has 2 heterocycles. The van der Waals surface area contributed by atoms with Crippen LogP contribution in [0.1, 0.15) is 15.9 Å². The van der Waals surface area contributed by atoms with Gasteiger partial charge >= 0.3 is 0 Å². The quantitative estimate of drug-likeness (QED) is 0.712. The SMILES string of the molecule is Cc1cc(Nc2ccc(NC(=O)c3cccnc3)nn2)ccc1Br. The van der Waals surface area contributed by atoms with Gasteiger partial charge in [-0.1, -0.05) is 15.9 Å². The molecule has 3 rings (SSSR count). The smallest absolute Gasteiger partial charge is 0.258 e. The maximum absolute atomic E-state index is 12.0. The molecule has 2 aromatic heterocycles. The summed E-state index contributed by atoms with van der Waals surface area (Å²) in [4.78, 5) is 15.9. The van der Waals surface area contributed by atoms with Gasteiger partial charge in [0.15, 0.2) is 11.6 Å². The molecule has 0 radical (unpaired) electrons. The Balaban J connectivity index is 1.67. The van der Waals surface area contributed by atoms with E-state index in [1.54, 1.807) is 30.5 Å². The Labute approximate surface area is 147 Å². The van der Waals surface area contributed by atoms with Crippen molar-refractivity contribution in [1.29, 1.82) is 0 Å². The molecule has 2 N–H and O–H groups in total. The summed E-state index contributed by atoms with van der Waals surface area (Å²) < 4.78 is 1.05. The molecular formula is C17H14BrN5O. The van der Waals surface area contributed by atoms with Crippen molar-refractivity contribution < 1.29 is 4.79 Å². The predicted molar refractivity (Wildman–Crippen MR) is 96.4 cm³/mol. The third-order valence-electron chi connectivity index (χ3n) is 3.26. The van der Waals surface area contributed by atoms with Crippen molar-refractivity contribution in [2.75, 3.05) is 10.6 Å². The standard InChI is InChI=1S/C17H14BrN5O/c1-11-9-13(4-5-14(11)18)20-15-6-7-16(23-22-15)21-17(24)12-3-2-8-19-10-12/h2-10H,1H3,(H,20,22)(H,21,23,24). The van der Waals surface area contributed by atoms with Gasteiger partial charge in [-0.2, -0.15) is 0 Å². The van der Waals surface area contributed by atoms with Gasteiger partial charge in [0.2, 0.25) is 0 Å². The molecule has 7 heteroatoms. The number of carbonyl (C=O) groups excluding carboxylic acids is 1. The van der Waals surface area contributed by atoms with Crippen molar-refractivity contribution in [2.24, 2.45) is 0 Å². The zero-order valence-electron chi connectivity index (χ0n) is 12.8. The Kier molecular flexibility index (Phi) is 4.81. The topological polar surface area (TPSA) is 79.8 Å². The van der Waals surface area contributed by atoms with Crippen molar-refractivity contribution in [3.05, 3.63) is 70.5 Å². The average Bonchev–Trinajstić information content (AvgIpc) is 2.61. The van der Waals surface area contributed by atoms with E-state index >= 15 is 0 Å². The molecule has 0 bridgehead atoms. The fourth-order valence-corrected chi connectivity index (χ4v) is 2.27. The second kappa shape index (κ2) is 7.18. The van der Waals surface area contributed by atoms with Gasteiger partial charge in [0, 0.05) is 22.6 Å². The third kappa shape index (κ3) is 3.94. The van der Waals surface area contributed by atoms with E-state index in [1.807, 2.05) is 25.1 Å². The number of benzene rings is 1. The van der Waals surface area contributed by atoms with E-state index in [4.69, 9.17) is 0 Å². The lowest BCUT2D eigenvalue weighted by Gasteiger charge is -2.08. The number of nitrogens with zero attached hydrogens (tertiary/aromatic N) is 3. The van der Waals surface area contributed by atoms with Crippen LogP contribution >= 0.6 is 15.9 Å². The molecule has 1 amide bonds. The third-order valence-corrected chi connectivity index (χ3v) is 4.15. The van der Waals surface area contributed by atoms with Crippen LogP contribution in [-0.4, -0.2) is 21.1 Å². The van der Waals surface area contributed by atoms with Gasteiger partial charge in [0.05, 0.1) is 5.56 Å². The van der Waals surface area contributed by atoms with Crippen LogP contribution in [0.3, 0.4) is 0 Å². The van der Waals surface area contributed by atoms with Crippen LogP contribution in [0, 0.1) is 6.92 Å². The minimum Gasteiger partial charge on any atom is -0.339 e. The Morgan fingerprint density at radius 3 is 2.54 bits per heavy atom. The minimum atomic E-state index is -0.276. The number of anilines is 3. The van der Waals surface area contributed by atoms with Crippen LogP contribution in [0.4, 0.5) is 17.3 Å². The second-order valence-electron chi connectivity index (χ2n) is 5.09. The van der Waals surface area contributed by atoms with Gasteiger partial charge in [0.1, 0.15) is 0 Å². The van der Waals surface area contributed by atoms with Gasteiger partial charge in [-0.05, 0) is 55.0 Å². The van der Waals surface area contributed by atoms with E-state index in [1.165, 1.54) is 6.20 Å². The minimum absolute atomic E-state index is 0.276. The Bertz CT molecular complexity index is 853. The van der Waals surface area contributed by atoms with E-state index < -0.39 is 0 Å². The Hall–Kier alpha value is -2.80. The lowest BCUT2D eigenvalue weighted by molar-refractivity contribution is 0.102. The van der Waals surface area contributed by atoms with E-state index in [0.29, 0.717) is 17.2 Å². The normalized spacial score (nSPS) is 10.2. The van der Waals surface area contributed by atoms with Gasteiger partial charge in [-0.25, -0.2) is 0 Å². The zero-order valence-corrected chi connectivity index (χ0v) is 14.4. The number of aromatic nitrogens is 3. The molecule has 0 aliphatic heterocycles. The fourth-order valence-electron chi connectivity index (χ4n) is 2.02. The highest BCUT2D eigenvalue weighted by Crippen LogP contribution is 2.22. The molecule has 0 atom stereocenters. The van der Waals surface area contributed by atoms with Crippen molar-refractivity contribution in [2.45, 2.75) is 6.92 Å². The van der Waals surface area contributed by atoms with Crippen molar-refractivity contribution in [3.8, 4) is 0 Å². The lowest BCUT2D eigenvalue weighted by Crippen LogP contribution is -2.13. The number of halogens is 1. The fraction of sp³-hybridized carbons (Fsp3) is 0.0588. The highest BCUT2D eigenvalue weighted by Gasteiger charge is 2.07. The average molecular weight is 384 g/mol. The molecule has 0 fully saturated rings. The molecule has 24 heavy (non-hydrogen) atoms. The number of pyridine rings is 1. The number of hydrogen-bond acceptors (Lipinski definition) is 5. The predicted octanol–water partition coefficient (Wildman–Crippen LogP) is 3.94. The van der Waals surface area contributed by atoms with Crippen LogP contribution in [0.25, 0.3) is 0 Å². The molecule has 0 aliphatic carbocycles. The summed E-state index contributed by atoms with van der Waals surface area (Å²) in [5.74, 6) is 0.694. The summed E-state index contributed by atoms with van der Waals surface area (Å²) in [5, 5.41) is 13.9. The first kappa shape index (κ1) is 16.1. The van der Waals surface area contributed by atoms with E-state index in [2.05, 4.69) is 41.7 Å². The summed E-state index contributed by atoms with van der Waals surface area (Å²) in [6.45, 7) is 2.01. The van der Waals surface area contributed by atoms with Crippen molar-refractivity contribution in [3.63, 3.8) is 0 Å². The molecule has 0 unspecified atom stereocenters. The van der Waals surface area contributed by atoms with Crippen molar-refractivity contribution >= 4 is 39.2 Å². The number of carbonyl (C=O) groups is 1. The molecule has 120 valence electrons. The van der Waals surface area contributed by atoms with E-state index in [-0.39, 0.29) is 5.91 Å². The highest BCUT2D eigenvalue weighted by molar-refractivity contribution is 9.10. The number of amides is 1. The molecule has 6 nitrogen and oxygen atoms in total. The number of rotatable bonds is 4. The molecule has 0 aliphatic rings. The van der Waals surface area contributed by atoms with E-state index in [0.717, 1.165) is 15.7 Å². The first-order valence-corrected chi connectivity index (χ1v) is 7.99. The summed E-state index contributed by atoms with van der Waals surface area (Å²) in [5.41, 5.74) is 2.50. The largest absolute Gasteiger partial charge is 0.339 e. The van der Waals surface area contributed by atoms with Crippen LogP contribution in [-0.2, 0) is 0 Å².